The van der Waals surface area contributed by atoms with E-state index in [0.29, 0.717) is 18.2 Å². The number of likely N-dealkylation sites (tertiary alicyclic amines) is 1. The molecule has 0 saturated carbocycles. The van der Waals surface area contributed by atoms with Crippen molar-refractivity contribution in [1.82, 2.24) is 4.90 Å². The predicted molar refractivity (Wildman–Crippen MR) is 165 cm³/mol. The third kappa shape index (κ3) is 15.8. The molecule has 5 N–H and O–H groups in total. The zero-order chi connectivity index (χ0) is 35.0. The van der Waals surface area contributed by atoms with Gasteiger partial charge in [0.15, 0.2) is 11.5 Å². The molecule has 0 atom stereocenters. The first-order valence-corrected chi connectivity index (χ1v) is 16.3. The van der Waals surface area contributed by atoms with Gasteiger partial charge in [-0.1, -0.05) is 51.4 Å². The van der Waals surface area contributed by atoms with Gasteiger partial charge in [-0.25, -0.2) is 9.59 Å². The summed E-state index contributed by atoms with van der Waals surface area (Å²) in [6.45, 7) is 4.04. The first kappa shape index (κ1) is 41.5. The number of carboxylic acids is 2. The molecule has 46 heavy (non-hydrogen) atoms. The molecule has 1 aliphatic rings. The largest absolute Gasteiger partial charge is 0.493 e. The molecule has 0 radical (unpaired) electrons. The fourth-order valence-electron chi connectivity index (χ4n) is 3.82. The van der Waals surface area contributed by atoms with Crippen LogP contribution in [0, 0.1) is 0 Å². The van der Waals surface area contributed by atoms with E-state index in [-0.39, 0.29) is 0 Å². The summed E-state index contributed by atoms with van der Waals surface area (Å²) in [7, 11) is 5.23. The minimum absolute atomic E-state index is 0.641. The molecule has 1 aliphatic heterocycles. The van der Waals surface area contributed by atoms with Crippen LogP contribution in [0.2, 0.25) is 5.02 Å². The topological polar surface area (TPSA) is 143 Å². The normalized spacial score (nSPS) is 14.7. The van der Waals surface area contributed by atoms with Crippen molar-refractivity contribution in [3.8, 4) is 11.5 Å². The van der Waals surface area contributed by atoms with Crippen molar-refractivity contribution in [1.29, 1.82) is 0 Å². The van der Waals surface area contributed by atoms with E-state index in [9.17, 15) is 31.4 Å². The van der Waals surface area contributed by atoms with Crippen LogP contribution in [0.4, 0.5) is 26.3 Å². The number of nitrogens with zero attached hydrogens (tertiary/aromatic N) is 1. The molecular weight excluding hydrogens is 690 g/mol. The fourth-order valence-corrected chi connectivity index (χ4v) is 5.63. The van der Waals surface area contributed by atoms with Gasteiger partial charge in [-0.3, -0.25) is 0 Å². The van der Waals surface area contributed by atoms with Crippen molar-refractivity contribution < 1.29 is 60.7 Å². The van der Waals surface area contributed by atoms with Gasteiger partial charge in [0.25, 0.3) is 0 Å². The molecule has 260 valence electrons. The van der Waals surface area contributed by atoms with Crippen molar-refractivity contribution in [3.63, 3.8) is 0 Å². The molecule has 0 unspecified atom stereocenters. The molecule has 0 amide bonds. The second-order valence-corrected chi connectivity index (χ2v) is 12.6. The molecule has 2 aromatic rings. The Bertz CT molecular complexity index is 1190. The molecule has 0 aliphatic carbocycles. The number of methoxy groups -OCH3 is 1. The molecule has 0 spiro atoms. The number of carbonyl (C=O) groups is 2. The zero-order valence-corrected chi connectivity index (χ0v) is 27.0. The van der Waals surface area contributed by atoms with Gasteiger partial charge in [0, 0.05) is 42.7 Å². The summed E-state index contributed by atoms with van der Waals surface area (Å²) in [4.78, 5) is 20.2. The lowest BCUT2D eigenvalue weighted by Crippen LogP contribution is -2.43. The third-order valence-electron chi connectivity index (χ3n) is 6.20. The fraction of sp³-hybridized carbons (Fsp3) is 0.500. The number of alkyl halides is 6. The SMILES string of the molecule is COc1cc(CCN2CCC(O)(c3ccc(Cl)cc3)CC2)ccc1OCCSSCCN.O=C(O)C(F)(F)F.O=C(O)C(F)(F)F. The molecule has 2 aromatic carbocycles. The van der Waals surface area contributed by atoms with Crippen LogP contribution in [0.3, 0.4) is 0 Å². The predicted octanol–water partition coefficient (Wildman–Crippen LogP) is 5.86. The smallest absolute Gasteiger partial charge is 0.490 e. The molecule has 9 nitrogen and oxygen atoms in total. The van der Waals surface area contributed by atoms with Gasteiger partial charge in [-0.2, -0.15) is 26.3 Å². The maximum absolute atomic E-state index is 11.1. The highest BCUT2D eigenvalue weighted by molar-refractivity contribution is 8.76. The molecule has 1 fully saturated rings. The number of rotatable bonds is 12. The van der Waals surface area contributed by atoms with Crippen LogP contribution in [0.5, 0.6) is 11.5 Å². The second kappa shape index (κ2) is 19.9. The highest BCUT2D eigenvalue weighted by Crippen LogP contribution is 2.34. The summed E-state index contributed by atoms with van der Waals surface area (Å²) < 4.78 is 74.9. The van der Waals surface area contributed by atoms with Crippen molar-refractivity contribution >= 4 is 45.1 Å². The maximum atomic E-state index is 11.1. The van der Waals surface area contributed by atoms with Gasteiger partial charge in [0.2, 0.25) is 0 Å². The number of ether oxygens (including phenoxy) is 2. The van der Waals surface area contributed by atoms with Gasteiger partial charge in [-0.05, 0) is 54.7 Å². The number of hydrogen-bond donors (Lipinski definition) is 4. The molecule has 0 aromatic heterocycles. The number of hydrogen-bond acceptors (Lipinski definition) is 9. The van der Waals surface area contributed by atoms with Crippen LogP contribution >= 0.6 is 33.2 Å². The molecule has 18 heteroatoms. The lowest BCUT2D eigenvalue weighted by atomic mass is 9.84. The van der Waals surface area contributed by atoms with Gasteiger partial charge < -0.3 is 35.4 Å². The summed E-state index contributed by atoms with van der Waals surface area (Å²) in [5, 5.41) is 26.0. The van der Waals surface area contributed by atoms with E-state index in [2.05, 4.69) is 17.0 Å². The van der Waals surface area contributed by atoms with Crippen molar-refractivity contribution in [3.05, 3.63) is 58.6 Å². The van der Waals surface area contributed by atoms with E-state index in [1.807, 2.05) is 30.3 Å². The van der Waals surface area contributed by atoms with Crippen LogP contribution in [-0.4, -0.2) is 95.9 Å². The van der Waals surface area contributed by atoms with E-state index < -0.39 is 29.9 Å². The number of halogens is 7. The van der Waals surface area contributed by atoms with Crippen LogP contribution in [0.15, 0.2) is 42.5 Å². The first-order chi connectivity index (χ1) is 21.4. The quantitative estimate of drug-likeness (QED) is 0.119. The zero-order valence-electron chi connectivity index (χ0n) is 24.6. The minimum atomic E-state index is -5.08. The summed E-state index contributed by atoms with van der Waals surface area (Å²) >= 11 is 5.99. The van der Waals surface area contributed by atoms with E-state index in [4.69, 9.17) is 46.6 Å². The summed E-state index contributed by atoms with van der Waals surface area (Å²) in [6.07, 6.45) is -7.78. The van der Waals surface area contributed by atoms with E-state index in [1.165, 1.54) is 5.56 Å². The Kier molecular flexibility index (Phi) is 18.0. The summed E-state index contributed by atoms with van der Waals surface area (Å²) in [5.74, 6) is -2.09. The van der Waals surface area contributed by atoms with Gasteiger partial charge in [0.05, 0.1) is 19.3 Å². The Morgan fingerprint density at radius 3 is 1.93 bits per heavy atom. The Balaban J connectivity index is 0.000000629. The van der Waals surface area contributed by atoms with Crippen LogP contribution in [0.1, 0.15) is 24.0 Å². The van der Waals surface area contributed by atoms with Crippen LogP contribution in [0.25, 0.3) is 0 Å². The molecule has 0 bridgehead atoms. The number of benzene rings is 2. The Morgan fingerprint density at radius 2 is 1.46 bits per heavy atom. The minimum Gasteiger partial charge on any atom is -0.493 e. The average molecular weight is 725 g/mol. The first-order valence-electron chi connectivity index (χ1n) is 13.5. The highest BCUT2D eigenvalue weighted by atomic mass is 35.5. The third-order valence-corrected chi connectivity index (χ3v) is 8.86. The highest BCUT2D eigenvalue weighted by Gasteiger charge is 2.39. The number of aliphatic carboxylic acids is 2. The summed E-state index contributed by atoms with van der Waals surface area (Å²) in [5.41, 5.74) is 6.92. The number of nitrogens with two attached hydrogens (primary N) is 1. The standard InChI is InChI=1S/C24H33ClN2O3S2.2C2HF3O2/c1-29-23-18-19(2-7-22(23)30-15-17-32-31-16-11-26)8-12-27-13-9-24(28,10-14-27)20-3-5-21(25)6-4-20;2*3-2(4,5)1(6)7/h2-7,18,28H,8-17,26H2,1H3;2*(H,6,7). The molecule has 3 rings (SSSR count). The Labute approximate surface area is 274 Å². The number of aliphatic hydroxyl groups is 1. The molecular formula is C28H35ClF6N2O7S2. The molecule has 1 saturated heterocycles. The monoisotopic (exact) mass is 724 g/mol. The van der Waals surface area contributed by atoms with Crippen molar-refractivity contribution in [2.45, 2.75) is 37.2 Å². The Morgan fingerprint density at radius 1 is 0.935 bits per heavy atom. The Hall–Kier alpha value is -2.57. The average Bonchev–Trinajstić information content (AvgIpc) is 2.99. The van der Waals surface area contributed by atoms with E-state index >= 15 is 0 Å². The maximum Gasteiger partial charge on any atom is 0.490 e. The number of carboxylic acid groups (broad SMARTS) is 2. The van der Waals surface area contributed by atoms with Crippen LogP contribution < -0.4 is 15.2 Å². The van der Waals surface area contributed by atoms with Crippen molar-refractivity contribution in [2.75, 3.05) is 51.4 Å². The lowest BCUT2D eigenvalue weighted by Gasteiger charge is -2.38. The molecule has 1 heterocycles. The van der Waals surface area contributed by atoms with E-state index in [1.54, 1.807) is 28.7 Å². The second-order valence-electron chi connectivity index (χ2n) is 9.50. The summed E-state index contributed by atoms with van der Waals surface area (Å²) in [6, 6.07) is 13.8. The van der Waals surface area contributed by atoms with Gasteiger partial charge >= 0.3 is 24.3 Å². The van der Waals surface area contributed by atoms with Crippen LogP contribution in [-0.2, 0) is 21.6 Å². The van der Waals surface area contributed by atoms with E-state index in [0.717, 1.165) is 67.5 Å². The number of piperidine rings is 1. The van der Waals surface area contributed by atoms with Gasteiger partial charge in [0.1, 0.15) is 0 Å². The van der Waals surface area contributed by atoms with Crippen molar-refractivity contribution in [2.24, 2.45) is 5.73 Å². The lowest BCUT2D eigenvalue weighted by molar-refractivity contribution is -0.193. The van der Waals surface area contributed by atoms with Gasteiger partial charge in [-0.15, -0.1) is 0 Å².